The molecule has 0 amide bonds. The van der Waals surface area contributed by atoms with E-state index in [4.69, 9.17) is 14.4 Å². The Kier molecular flexibility index (Phi) is 6.74. The van der Waals surface area contributed by atoms with Crippen LogP contribution in [0, 0.1) is 0 Å². The topological polar surface area (TPSA) is 64.7 Å². The second-order valence-corrected chi connectivity index (χ2v) is 12.7. The Bertz CT molecular complexity index is 2840. The summed E-state index contributed by atoms with van der Waals surface area (Å²) < 4.78 is 6.51. The molecule has 5 nitrogen and oxygen atoms in total. The minimum absolute atomic E-state index is 0.800. The van der Waals surface area contributed by atoms with Crippen LogP contribution < -0.4 is 0 Å². The van der Waals surface area contributed by atoms with Crippen LogP contribution in [0.25, 0.3) is 99.9 Å². The van der Waals surface area contributed by atoms with E-state index in [2.05, 4.69) is 125 Å². The first-order chi connectivity index (χ1) is 25.3. The van der Waals surface area contributed by atoms with E-state index in [9.17, 15) is 0 Å². The van der Waals surface area contributed by atoms with Crippen LogP contribution in [-0.4, -0.2) is 19.9 Å². The molecule has 5 heterocycles. The van der Waals surface area contributed by atoms with E-state index in [1.807, 2.05) is 42.5 Å². The lowest BCUT2D eigenvalue weighted by Gasteiger charge is -2.12. The van der Waals surface area contributed by atoms with Gasteiger partial charge < -0.3 is 4.42 Å². The fraction of sp³-hybridized carbons (Fsp3) is 0. The highest BCUT2D eigenvalue weighted by molar-refractivity contribution is 6.28. The third-order valence-electron chi connectivity index (χ3n) is 9.55. The molecular weight excluding hydrogens is 625 g/mol. The predicted molar refractivity (Wildman–Crippen MR) is 207 cm³/mol. The van der Waals surface area contributed by atoms with Crippen LogP contribution in [0.15, 0.2) is 175 Å². The molecule has 0 N–H and O–H groups in total. The maximum absolute atomic E-state index is 6.51. The average Bonchev–Trinajstić information content (AvgIpc) is 3.59. The van der Waals surface area contributed by atoms with Gasteiger partial charge in [-0.2, -0.15) is 0 Å². The molecule has 0 saturated heterocycles. The fourth-order valence-corrected chi connectivity index (χ4v) is 7.17. The summed E-state index contributed by atoms with van der Waals surface area (Å²) in [7, 11) is 0. The van der Waals surface area contributed by atoms with E-state index in [0.29, 0.717) is 0 Å². The van der Waals surface area contributed by atoms with Gasteiger partial charge in [0, 0.05) is 44.9 Å². The standard InChI is InChI=1S/C46H28N4O/c1-2-11-29(12-3-1)46-35-20-22-43-45(44(35)34-15-4-5-16-37(34)50-46)36-26-32(19-21-42(36)51-43)30-13-10-14-31(25-30)33-27-40(38-17-6-8-23-47-38)49-41(28-33)39-18-7-9-24-48-39/h1-28H. The van der Waals surface area contributed by atoms with Crippen molar-refractivity contribution in [1.82, 2.24) is 19.9 Å². The Balaban J connectivity index is 1.16. The van der Waals surface area contributed by atoms with Crippen molar-refractivity contribution in [2.24, 2.45) is 0 Å². The number of furan rings is 1. The minimum Gasteiger partial charge on any atom is -0.456 e. The Labute approximate surface area is 293 Å². The predicted octanol–water partition coefficient (Wildman–Crippen LogP) is 11.8. The number of hydrogen-bond acceptors (Lipinski definition) is 5. The number of pyridine rings is 4. The van der Waals surface area contributed by atoms with E-state index in [0.717, 1.165) is 99.9 Å². The zero-order valence-electron chi connectivity index (χ0n) is 27.4. The summed E-state index contributed by atoms with van der Waals surface area (Å²) in [6.45, 7) is 0. The van der Waals surface area contributed by atoms with Crippen molar-refractivity contribution in [2.45, 2.75) is 0 Å². The molecule has 0 aliphatic heterocycles. The largest absolute Gasteiger partial charge is 0.456 e. The lowest BCUT2D eigenvalue weighted by molar-refractivity contribution is 0.669. The van der Waals surface area contributed by atoms with Crippen LogP contribution in [0.4, 0.5) is 0 Å². The number of aromatic nitrogens is 4. The van der Waals surface area contributed by atoms with Crippen LogP contribution >= 0.6 is 0 Å². The van der Waals surface area contributed by atoms with Crippen molar-refractivity contribution < 1.29 is 4.42 Å². The van der Waals surface area contributed by atoms with Gasteiger partial charge in [-0.3, -0.25) is 9.97 Å². The van der Waals surface area contributed by atoms with Crippen molar-refractivity contribution in [2.75, 3.05) is 0 Å². The molecule has 0 aliphatic rings. The molecule has 0 fully saturated rings. The van der Waals surface area contributed by atoms with Gasteiger partial charge in [0.2, 0.25) is 0 Å². The zero-order chi connectivity index (χ0) is 33.7. The molecule has 5 aromatic heterocycles. The van der Waals surface area contributed by atoms with Gasteiger partial charge in [0.15, 0.2) is 0 Å². The highest BCUT2D eigenvalue weighted by Crippen LogP contribution is 2.42. The number of rotatable bonds is 5. The molecule has 0 unspecified atom stereocenters. The first-order valence-electron chi connectivity index (χ1n) is 17.0. The van der Waals surface area contributed by atoms with Gasteiger partial charge in [-0.15, -0.1) is 0 Å². The monoisotopic (exact) mass is 652 g/mol. The van der Waals surface area contributed by atoms with Crippen molar-refractivity contribution in [3.63, 3.8) is 0 Å². The number of benzene rings is 5. The molecule has 0 aliphatic carbocycles. The highest BCUT2D eigenvalue weighted by Gasteiger charge is 2.18. The summed E-state index contributed by atoms with van der Waals surface area (Å²) in [5.41, 5.74) is 12.3. The molecule has 238 valence electrons. The second kappa shape index (κ2) is 11.9. The molecule has 5 aromatic carbocycles. The number of nitrogens with zero attached hydrogens (tertiary/aromatic N) is 4. The average molecular weight is 653 g/mol. The van der Waals surface area contributed by atoms with Crippen molar-refractivity contribution in [3.8, 4) is 56.3 Å². The fourth-order valence-electron chi connectivity index (χ4n) is 7.17. The van der Waals surface area contributed by atoms with Gasteiger partial charge in [0.25, 0.3) is 0 Å². The molecule has 10 aromatic rings. The summed E-state index contributed by atoms with van der Waals surface area (Å²) in [6.07, 6.45) is 3.59. The van der Waals surface area contributed by atoms with Crippen LogP contribution in [0.3, 0.4) is 0 Å². The van der Waals surface area contributed by atoms with Gasteiger partial charge >= 0.3 is 0 Å². The van der Waals surface area contributed by atoms with Gasteiger partial charge in [-0.05, 0) is 95.1 Å². The van der Waals surface area contributed by atoms with Gasteiger partial charge in [0.05, 0.1) is 34.0 Å². The smallest absolute Gasteiger partial charge is 0.136 e. The van der Waals surface area contributed by atoms with E-state index in [-0.39, 0.29) is 0 Å². The van der Waals surface area contributed by atoms with Gasteiger partial charge in [0.1, 0.15) is 11.2 Å². The SMILES string of the molecule is c1ccc(-c2nc3ccccc3c3c2ccc2oc4ccc(-c5cccc(-c6cc(-c7ccccn7)nc(-c7ccccn7)c6)c5)cc4c23)cc1. The van der Waals surface area contributed by atoms with Crippen LogP contribution in [0.2, 0.25) is 0 Å². The van der Waals surface area contributed by atoms with Crippen LogP contribution in [0.5, 0.6) is 0 Å². The third-order valence-corrected chi connectivity index (χ3v) is 9.55. The first kappa shape index (κ1) is 29.0. The van der Waals surface area contributed by atoms with Gasteiger partial charge in [-0.25, -0.2) is 9.97 Å². The molecular formula is C46H28N4O. The molecule has 0 radical (unpaired) electrons. The molecule has 0 spiro atoms. The summed E-state index contributed by atoms with van der Waals surface area (Å²) in [4.78, 5) is 19.3. The van der Waals surface area contributed by atoms with Crippen LogP contribution in [0.1, 0.15) is 0 Å². The lowest BCUT2D eigenvalue weighted by atomic mass is 9.94. The Morgan fingerprint density at radius 1 is 0.353 bits per heavy atom. The third kappa shape index (κ3) is 5.03. The summed E-state index contributed by atoms with van der Waals surface area (Å²) in [5, 5.41) is 5.55. The summed E-state index contributed by atoms with van der Waals surface area (Å²) >= 11 is 0. The number of para-hydroxylation sites is 1. The number of fused-ring (bicyclic) bond motifs is 7. The molecule has 0 saturated carbocycles. The molecule has 0 atom stereocenters. The molecule has 10 rings (SSSR count). The highest BCUT2D eigenvalue weighted by atomic mass is 16.3. The minimum atomic E-state index is 0.800. The van der Waals surface area contributed by atoms with Crippen molar-refractivity contribution in [1.29, 1.82) is 0 Å². The molecule has 5 heteroatoms. The quantitative estimate of drug-likeness (QED) is 0.173. The van der Waals surface area contributed by atoms with E-state index < -0.39 is 0 Å². The normalized spacial score (nSPS) is 11.5. The Morgan fingerprint density at radius 3 is 1.75 bits per heavy atom. The van der Waals surface area contributed by atoms with E-state index in [1.54, 1.807) is 12.4 Å². The van der Waals surface area contributed by atoms with Crippen LogP contribution in [-0.2, 0) is 0 Å². The maximum atomic E-state index is 6.51. The summed E-state index contributed by atoms with van der Waals surface area (Å²) in [5.74, 6) is 0. The Morgan fingerprint density at radius 2 is 1.00 bits per heavy atom. The number of hydrogen-bond donors (Lipinski definition) is 0. The zero-order valence-corrected chi connectivity index (χ0v) is 27.4. The lowest BCUT2D eigenvalue weighted by Crippen LogP contribution is -1.94. The molecule has 0 bridgehead atoms. The van der Waals surface area contributed by atoms with Gasteiger partial charge in [-0.1, -0.05) is 84.9 Å². The first-order valence-corrected chi connectivity index (χ1v) is 17.0. The second-order valence-electron chi connectivity index (χ2n) is 12.7. The maximum Gasteiger partial charge on any atom is 0.136 e. The Hall–Kier alpha value is -6.98. The summed E-state index contributed by atoms with van der Waals surface area (Å²) in [6, 6.07) is 54.2. The van der Waals surface area contributed by atoms with Crippen molar-refractivity contribution >= 4 is 43.6 Å². The van der Waals surface area contributed by atoms with Crippen molar-refractivity contribution in [3.05, 3.63) is 170 Å². The van der Waals surface area contributed by atoms with E-state index >= 15 is 0 Å². The van der Waals surface area contributed by atoms with E-state index in [1.165, 1.54) is 0 Å². The molecule has 51 heavy (non-hydrogen) atoms.